The molecule has 0 bridgehead atoms. The third-order valence-corrected chi connectivity index (χ3v) is 6.64. The molecule has 1 unspecified atom stereocenters. The van der Waals surface area contributed by atoms with Crippen LogP contribution in [0, 0.1) is 25.2 Å². The third kappa shape index (κ3) is 9.92. The van der Waals surface area contributed by atoms with Gasteiger partial charge < -0.3 is 5.11 Å². The molecule has 1 heteroatoms. The van der Waals surface area contributed by atoms with Crippen LogP contribution in [-0.4, -0.2) is 5.11 Å². The molecule has 0 heterocycles. The van der Waals surface area contributed by atoms with Crippen LogP contribution in [0.1, 0.15) is 108 Å². The second-order valence-electron chi connectivity index (χ2n) is 11.0. The molecule has 1 nitrogen and oxygen atoms in total. The van der Waals surface area contributed by atoms with Gasteiger partial charge in [0.1, 0.15) is 0 Å². The lowest BCUT2D eigenvalue weighted by Crippen LogP contribution is -2.06. The fourth-order valence-corrected chi connectivity index (χ4v) is 3.89. The first-order valence-electron chi connectivity index (χ1n) is 13.2. The fraction of sp³-hybridized carbons (Fsp3) is 0.515. The molecule has 0 saturated carbocycles. The lowest BCUT2D eigenvalue weighted by atomic mass is 9.90. The van der Waals surface area contributed by atoms with E-state index >= 15 is 0 Å². The quantitative estimate of drug-likeness (QED) is 0.448. The predicted octanol–water partition coefficient (Wildman–Crippen LogP) is 10.4. The van der Waals surface area contributed by atoms with Crippen LogP contribution in [0.4, 0.5) is 0 Å². The molecule has 188 valence electrons. The Balaban J connectivity index is 0.000000343. The molecule has 2 aromatic rings. The largest absolute Gasteiger partial charge is 0.512 e. The minimum atomic E-state index is -0.139. The maximum absolute atomic E-state index is 8.69. The summed E-state index contributed by atoms with van der Waals surface area (Å²) in [6, 6.07) is 15.9. The van der Waals surface area contributed by atoms with Crippen molar-refractivity contribution in [1.29, 1.82) is 0 Å². The second kappa shape index (κ2) is 14.2. The van der Waals surface area contributed by atoms with Gasteiger partial charge in [0, 0.05) is 5.41 Å². The van der Waals surface area contributed by atoms with E-state index in [4.69, 9.17) is 5.11 Å². The number of allylic oxidation sites excluding steroid dienone is 2. The molecule has 0 aromatic heterocycles. The maximum Gasteiger partial charge on any atom is 0.0904 e. The molecule has 0 aliphatic heterocycles. The van der Waals surface area contributed by atoms with Gasteiger partial charge in [-0.3, -0.25) is 0 Å². The molecule has 2 aromatic carbocycles. The summed E-state index contributed by atoms with van der Waals surface area (Å²) in [7, 11) is 0. The standard InChI is InChI=1S/C20H22.C7H16.C6H12O/c1-14-7-10-17(11-8-14)20-16(3)5-4-6-18-13-15(2)9-12-19(18)20;1-4-6-7(3)5-2;1-5(7)6(2,3)4/h7-13H,4-6H2,1-3H3;7H,4-6H2,1-3H3;7H,1H2,2-4H3. The lowest BCUT2D eigenvalue weighted by Gasteiger charge is -2.14. The number of aliphatic hydroxyl groups excluding tert-OH is 1. The van der Waals surface area contributed by atoms with Crippen LogP contribution in [-0.2, 0) is 6.42 Å². The number of hydrogen-bond acceptors (Lipinski definition) is 1. The molecule has 0 radical (unpaired) electrons. The first-order chi connectivity index (χ1) is 15.9. The highest BCUT2D eigenvalue weighted by atomic mass is 16.3. The maximum atomic E-state index is 8.69. The third-order valence-electron chi connectivity index (χ3n) is 6.64. The molecule has 34 heavy (non-hydrogen) atoms. The first kappa shape index (κ1) is 29.8. The Morgan fingerprint density at radius 1 is 0.941 bits per heavy atom. The molecule has 0 spiro atoms. The second-order valence-corrected chi connectivity index (χ2v) is 11.0. The summed E-state index contributed by atoms with van der Waals surface area (Å²) in [5.74, 6) is 1.19. The van der Waals surface area contributed by atoms with Gasteiger partial charge in [0.05, 0.1) is 5.76 Å². The van der Waals surface area contributed by atoms with Crippen molar-refractivity contribution in [1.82, 2.24) is 0 Å². The summed E-state index contributed by atoms with van der Waals surface area (Å²) in [4.78, 5) is 0. The number of aliphatic hydroxyl groups is 1. The van der Waals surface area contributed by atoms with E-state index in [-0.39, 0.29) is 11.2 Å². The summed E-state index contributed by atoms with van der Waals surface area (Å²) in [5, 5.41) is 8.69. The van der Waals surface area contributed by atoms with Crippen LogP contribution in [0.3, 0.4) is 0 Å². The van der Waals surface area contributed by atoms with Gasteiger partial charge in [-0.05, 0) is 68.2 Å². The molecule has 0 saturated heterocycles. The number of aryl methyl sites for hydroxylation is 3. The monoisotopic (exact) mass is 462 g/mol. The number of hydrogen-bond donors (Lipinski definition) is 1. The van der Waals surface area contributed by atoms with E-state index in [1.165, 1.54) is 77.5 Å². The first-order valence-corrected chi connectivity index (χ1v) is 13.2. The van der Waals surface area contributed by atoms with Crippen molar-refractivity contribution < 1.29 is 5.11 Å². The van der Waals surface area contributed by atoms with E-state index in [2.05, 4.69) is 90.6 Å². The summed E-state index contributed by atoms with van der Waals surface area (Å²) < 4.78 is 0. The summed E-state index contributed by atoms with van der Waals surface area (Å²) in [5.41, 5.74) is 9.84. The molecule has 1 atom stereocenters. The van der Waals surface area contributed by atoms with Crippen LogP contribution >= 0.6 is 0 Å². The molecular formula is C33H50O. The molecule has 1 N–H and O–H groups in total. The Hall–Kier alpha value is -2.28. The van der Waals surface area contributed by atoms with Gasteiger partial charge in [-0.1, -0.05) is 127 Å². The molecule has 0 fully saturated rings. The van der Waals surface area contributed by atoms with Gasteiger partial charge in [0.15, 0.2) is 0 Å². The SMILES string of the molecule is C=C(O)C(C)(C)C.CC1=C(c2ccc(C)cc2)c2ccc(C)cc2CCC1.CCCC(C)CC. The molecular weight excluding hydrogens is 412 g/mol. The zero-order valence-electron chi connectivity index (χ0n) is 23.5. The highest BCUT2D eigenvalue weighted by Crippen LogP contribution is 2.35. The Kier molecular flexibility index (Phi) is 12.4. The van der Waals surface area contributed by atoms with Gasteiger partial charge >= 0.3 is 0 Å². The van der Waals surface area contributed by atoms with E-state index in [1.54, 1.807) is 0 Å². The van der Waals surface area contributed by atoms with Crippen molar-refractivity contribution in [2.45, 2.75) is 101 Å². The summed E-state index contributed by atoms with van der Waals surface area (Å²) in [6.45, 7) is 22.6. The zero-order valence-corrected chi connectivity index (χ0v) is 23.5. The predicted molar refractivity (Wildman–Crippen MR) is 153 cm³/mol. The average Bonchev–Trinajstić information content (AvgIpc) is 2.92. The van der Waals surface area contributed by atoms with Crippen molar-refractivity contribution in [3.63, 3.8) is 0 Å². The highest BCUT2D eigenvalue weighted by molar-refractivity contribution is 5.84. The minimum Gasteiger partial charge on any atom is -0.512 e. The van der Waals surface area contributed by atoms with Gasteiger partial charge in [-0.25, -0.2) is 0 Å². The summed E-state index contributed by atoms with van der Waals surface area (Å²) >= 11 is 0. The number of fused-ring (bicyclic) bond motifs is 1. The van der Waals surface area contributed by atoms with Crippen molar-refractivity contribution in [3.05, 3.63) is 88.2 Å². The van der Waals surface area contributed by atoms with Crippen molar-refractivity contribution in [2.24, 2.45) is 11.3 Å². The van der Waals surface area contributed by atoms with E-state index in [1.807, 2.05) is 20.8 Å². The molecule has 0 amide bonds. The molecule has 1 aliphatic rings. The van der Waals surface area contributed by atoms with Crippen LogP contribution in [0.25, 0.3) is 5.57 Å². The fourth-order valence-electron chi connectivity index (χ4n) is 3.89. The molecule has 3 rings (SSSR count). The Morgan fingerprint density at radius 3 is 1.97 bits per heavy atom. The Bertz CT molecular complexity index is 922. The Morgan fingerprint density at radius 2 is 1.50 bits per heavy atom. The van der Waals surface area contributed by atoms with Crippen molar-refractivity contribution in [3.8, 4) is 0 Å². The van der Waals surface area contributed by atoms with Crippen LogP contribution in [0.2, 0.25) is 0 Å². The number of rotatable bonds is 4. The summed E-state index contributed by atoms with van der Waals surface area (Å²) in [6.07, 6.45) is 7.75. The van der Waals surface area contributed by atoms with Gasteiger partial charge in [0.25, 0.3) is 0 Å². The lowest BCUT2D eigenvalue weighted by molar-refractivity contribution is 0.280. The smallest absolute Gasteiger partial charge is 0.0904 e. The normalized spacial score (nSPS) is 14.0. The van der Waals surface area contributed by atoms with Gasteiger partial charge in [0.2, 0.25) is 0 Å². The molecule has 1 aliphatic carbocycles. The van der Waals surface area contributed by atoms with E-state index < -0.39 is 0 Å². The van der Waals surface area contributed by atoms with Gasteiger partial charge in [-0.2, -0.15) is 0 Å². The van der Waals surface area contributed by atoms with Gasteiger partial charge in [-0.15, -0.1) is 0 Å². The Labute approximate surface area is 211 Å². The number of benzene rings is 2. The van der Waals surface area contributed by atoms with Crippen LogP contribution < -0.4 is 0 Å². The van der Waals surface area contributed by atoms with Crippen LogP contribution in [0.5, 0.6) is 0 Å². The highest BCUT2D eigenvalue weighted by Gasteiger charge is 2.16. The minimum absolute atomic E-state index is 0.139. The average molecular weight is 463 g/mol. The van der Waals surface area contributed by atoms with Crippen molar-refractivity contribution in [2.75, 3.05) is 0 Å². The van der Waals surface area contributed by atoms with E-state index in [9.17, 15) is 0 Å². The van der Waals surface area contributed by atoms with E-state index in [0.717, 1.165) is 5.92 Å². The zero-order chi connectivity index (χ0) is 25.9. The van der Waals surface area contributed by atoms with Crippen molar-refractivity contribution >= 4 is 5.57 Å². The van der Waals surface area contributed by atoms with E-state index in [0.29, 0.717) is 0 Å². The topological polar surface area (TPSA) is 20.2 Å². The van der Waals surface area contributed by atoms with Crippen LogP contribution in [0.15, 0.2) is 60.4 Å².